The van der Waals surface area contributed by atoms with Crippen LogP contribution in [0.25, 0.3) is 0 Å². The Balaban J connectivity index is 4.03. The zero-order chi connectivity index (χ0) is 10.4. The maximum Gasteiger partial charge on any atom is 0.225 e. The minimum atomic E-state index is -0.0348. The van der Waals surface area contributed by atoms with Gasteiger partial charge in [-0.3, -0.25) is 4.79 Å². The molecule has 0 aromatic heterocycles. The third-order valence-electron chi connectivity index (χ3n) is 2.00. The van der Waals surface area contributed by atoms with Crippen LogP contribution in [0.1, 0.15) is 27.7 Å². The lowest BCUT2D eigenvalue weighted by atomic mass is 9.96. The minimum absolute atomic E-state index is 0.0348. The van der Waals surface area contributed by atoms with Crippen LogP contribution in [0.3, 0.4) is 0 Å². The molecule has 0 rings (SSSR count). The molecule has 0 saturated carbocycles. The third kappa shape index (κ3) is 4.88. The number of carbonyl (C=O) groups excluding carboxylic acids is 1. The van der Waals surface area contributed by atoms with E-state index in [0.29, 0.717) is 12.5 Å². The van der Waals surface area contributed by atoms with Crippen molar-refractivity contribution in [3.8, 4) is 0 Å². The lowest BCUT2D eigenvalue weighted by Gasteiger charge is -2.20. The summed E-state index contributed by atoms with van der Waals surface area (Å²) in [5, 5.41) is 2.65. The maximum atomic E-state index is 11.4. The van der Waals surface area contributed by atoms with Crippen molar-refractivity contribution in [1.82, 2.24) is 5.32 Å². The van der Waals surface area contributed by atoms with Gasteiger partial charge in [0, 0.05) is 7.05 Å². The highest BCUT2D eigenvalue weighted by atomic mass is 16.5. The van der Waals surface area contributed by atoms with Gasteiger partial charge in [0.2, 0.25) is 5.91 Å². The second kappa shape index (κ2) is 5.97. The molecule has 13 heavy (non-hydrogen) atoms. The lowest BCUT2D eigenvalue weighted by molar-refractivity contribution is -0.128. The molecule has 1 N–H and O–H groups in total. The fraction of sp³-hybridized carbons (Fsp3) is 0.900. The number of rotatable bonds is 5. The van der Waals surface area contributed by atoms with Crippen LogP contribution in [-0.4, -0.2) is 25.7 Å². The van der Waals surface area contributed by atoms with Gasteiger partial charge in [0.25, 0.3) is 0 Å². The zero-order valence-electron chi connectivity index (χ0n) is 9.26. The number of hydrogen-bond donors (Lipinski definition) is 1. The average Bonchev–Trinajstić information content (AvgIpc) is 2.03. The van der Waals surface area contributed by atoms with Gasteiger partial charge in [0.15, 0.2) is 0 Å². The Hall–Kier alpha value is -0.570. The summed E-state index contributed by atoms with van der Waals surface area (Å²) in [6.45, 7) is 8.52. The molecule has 1 atom stereocenters. The van der Waals surface area contributed by atoms with Crippen LogP contribution in [0.5, 0.6) is 0 Å². The highest BCUT2D eigenvalue weighted by Crippen LogP contribution is 2.12. The molecule has 0 aliphatic carbocycles. The van der Waals surface area contributed by atoms with E-state index >= 15 is 0 Å². The first-order valence-corrected chi connectivity index (χ1v) is 4.82. The van der Waals surface area contributed by atoms with Gasteiger partial charge in [0.05, 0.1) is 18.6 Å². The molecule has 0 aromatic rings. The minimum Gasteiger partial charge on any atom is -0.378 e. The fourth-order valence-electron chi connectivity index (χ4n) is 1.05. The molecule has 0 aromatic carbocycles. The Morgan fingerprint density at radius 2 is 1.85 bits per heavy atom. The first-order valence-electron chi connectivity index (χ1n) is 4.82. The molecule has 0 fully saturated rings. The Bertz CT molecular complexity index is 155. The van der Waals surface area contributed by atoms with Gasteiger partial charge < -0.3 is 10.1 Å². The van der Waals surface area contributed by atoms with E-state index in [4.69, 9.17) is 4.74 Å². The van der Waals surface area contributed by atoms with Gasteiger partial charge in [-0.1, -0.05) is 13.8 Å². The van der Waals surface area contributed by atoms with Crippen molar-refractivity contribution in [1.29, 1.82) is 0 Å². The van der Waals surface area contributed by atoms with Crippen molar-refractivity contribution in [2.75, 3.05) is 13.7 Å². The van der Waals surface area contributed by atoms with Gasteiger partial charge in [-0.25, -0.2) is 0 Å². The highest BCUT2D eigenvalue weighted by Gasteiger charge is 2.21. The lowest BCUT2D eigenvalue weighted by Crippen LogP contribution is -2.34. The summed E-state index contributed by atoms with van der Waals surface area (Å²) in [5.74, 6) is 0.349. The molecule has 1 unspecified atom stereocenters. The first kappa shape index (κ1) is 12.4. The number of carbonyl (C=O) groups is 1. The van der Waals surface area contributed by atoms with E-state index < -0.39 is 0 Å². The fourth-order valence-corrected chi connectivity index (χ4v) is 1.05. The van der Waals surface area contributed by atoms with E-state index in [2.05, 4.69) is 5.32 Å². The maximum absolute atomic E-state index is 11.4. The van der Waals surface area contributed by atoms with Crippen molar-refractivity contribution in [2.45, 2.75) is 33.8 Å². The van der Waals surface area contributed by atoms with Gasteiger partial charge >= 0.3 is 0 Å². The Labute approximate surface area is 80.8 Å². The first-order chi connectivity index (χ1) is 5.99. The molecule has 3 heteroatoms. The van der Waals surface area contributed by atoms with Crippen molar-refractivity contribution < 1.29 is 9.53 Å². The van der Waals surface area contributed by atoms with Crippen LogP contribution in [0.4, 0.5) is 0 Å². The summed E-state index contributed by atoms with van der Waals surface area (Å²) in [5.41, 5.74) is 0. The second-order valence-corrected chi connectivity index (χ2v) is 3.85. The number of nitrogens with one attached hydrogen (secondary N) is 1. The molecule has 0 radical (unpaired) electrons. The molecule has 78 valence electrons. The molecule has 0 spiro atoms. The van der Waals surface area contributed by atoms with Crippen LogP contribution in [-0.2, 0) is 9.53 Å². The predicted octanol–water partition coefficient (Wildman–Crippen LogP) is 1.43. The van der Waals surface area contributed by atoms with Crippen LogP contribution in [0.2, 0.25) is 0 Å². The van der Waals surface area contributed by atoms with Crippen molar-refractivity contribution in [3.63, 3.8) is 0 Å². The largest absolute Gasteiger partial charge is 0.378 e. The summed E-state index contributed by atoms with van der Waals surface area (Å²) < 4.78 is 5.43. The second-order valence-electron chi connectivity index (χ2n) is 3.85. The van der Waals surface area contributed by atoms with Gasteiger partial charge in [0.1, 0.15) is 0 Å². The van der Waals surface area contributed by atoms with Crippen molar-refractivity contribution in [2.24, 2.45) is 11.8 Å². The Kier molecular flexibility index (Phi) is 5.71. The van der Waals surface area contributed by atoms with E-state index in [9.17, 15) is 4.79 Å². The highest BCUT2D eigenvalue weighted by molar-refractivity contribution is 5.78. The van der Waals surface area contributed by atoms with E-state index in [1.54, 1.807) is 7.05 Å². The normalized spacial score (nSPS) is 13.5. The van der Waals surface area contributed by atoms with Gasteiger partial charge in [-0.2, -0.15) is 0 Å². The number of amides is 1. The van der Waals surface area contributed by atoms with Crippen LogP contribution >= 0.6 is 0 Å². The molecular weight excluding hydrogens is 166 g/mol. The van der Waals surface area contributed by atoms with Crippen LogP contribution in [0.15, 0.2) is 0 Å². The van der Waals surface area contributed by atoms with E-state index in [1.807, 2.05) is 27.7 Å². The number of ether oxygens (including phenoxy) is 1. The van der Waals surface area contributed by atoms with Gasteiger partial charge in [-0.05, 0) is 19.8 Å². The van der Waals surface area contributed by atoms with E-state index in [0.717, 1.165) is 0 Å². The summed E-state index contributed by atoms with van der Waals surface area (Å²) in [4.78, 5) is 11.4. The standard InChI is InChI=1S/C10H21NO2/c1-7(2)9(10(12)11-5)6-13-8(3)4/h7-9H,6H2,1-5H3,(H,11,12). The molecule has 0 saturated heterocycles. The van der Waals surface area contributed by atoms with E-state index in [1.165, 1.54) is 0 Å². The molecular formula is C10H21NO2. The SMILES string of the molecule is CNC(=O)C(COC(C)C)C(C)C. The average molecular weight is 187 g/mol. The predicted molar refractivity (Wildman–Crippen MR) is 53.5 cm³/mol. The molecule has 0 heterocycles. The summed E-state index contributed by atoms with van der Waals surface area (Å²) in [7, 11) is 1.66. The quantitative estimate of drug-likeness (QED) is 0.707. The number of hydrogen-bond acceptors (Lipinski definition) is 2. The zero-order valence-corrected chi connectivity index (χ0v) is 9.26. The molecule has 3 nitrogen and oxygen atoms in total. The molecule has 0 aliphatic rings. The Morgan fingerprint density at radius 1 is 1.31 bits per heavy atom. The van der Waals surface area contributed by atoms with Gasteiger partial charge in [-0.15, -0.1) is 0 Å². The monoisotopic (exact) mass is 187 g/mol. The smallest absolute Gasteiger partial charge is 0.225 e. The topological polar surface area (TPSA) is 38.3 Å². The molecule has 1 amide bonds. The third-order valence-corrected chi connectivity index (χ3v) is 2.00. The van der Waals surface area contributed by atoms with Crippen LogP contribution < -0.4 is 5.32 Å². The molecule has 0 bridgehead atoms. The molecule has 0 aliphatic heterocycles. The van der Waals surface area contributed by atoms with Crippen LogP contribution in [0, 0.1) is 11.8 Å². The summed E-state index contributed by atoms with van der Waals surface area (Å²) in [6, 6.07) is 0. The van der Waals surface area contributed by atoms with Crippen molar-refractivity contribution in [3.05, 3.63) is 0 Å². The van der Waals surface area contributed by atoms with E-state index in [-0.39, 0.29) is 17.9 Å². The van der Waals surface area contributed by atoms with Crippen molar-refractivity contribution >= 4 is 5.91 Å². The summed E-state index contributed by atoms with van der Waals surface area (Å²) in [6.07, 6.45) is 0.186. The summed E-state index contributed by atoms with van der Waals surface area (Å²) >= 11 is 0. The Morgan fingerprint density at radius 3 is 2.15 bits per heavy atom.